The molecule has 0 aromatic rings. The molecule has 0 radical (unpaired) electrons. The zero-order chi connectivity index (χ0) is 13.5. The predicted octanol–water partition coefficient (Wildman–Crippen LogP) is 2.82. The van der Waals surface area contributed by atoms with E-state index in [9.17, 15) is 5.11 Å². The second-order valence-electron chi connectivity index (χ2n) is 6.36. The molecule has 0 spiro atoms. The first-order valence-electron chi connectivity index (χ1n) is 8.31. The second-order valence-corrected chi connectivity index (χ2v) is 6.36. The molecule has 1 N–H and O–H groups in total. The third kappa shape index (κ3) is 5.05. The van der Waals surface area contributed by atoms with Gasteiger partial charge in [0, 0.05) is 19.7 Å². The van der Waals surface area contributed by atoms with Crippen molar-refractivity contribution in [3.05, 3.63) is 0 Å². The second kappa shape index (κ2) is 8.23. The molecule has 19 heavy (non-hydrogen) atoms. The Kier molecular flexibility index (Phi) is 6.62. The van der Waals surface area contributed by atoms with Crippen LogP contribution in [0.25, 0.3) is 0 Å². The minimum atomic E-state index is -0.120. The number of ether oxygens (including phenoxy) is 1. The normalized spacial score (nSPS) is 28.4. The molecule has 2 fully saturated rings. The van der Waals surface area contributed by atoms with Gasteiger partial charge in [-0.1, -0.05) is 26.2 Å². The average molecular weight is 269 g/mol. The monoisotopic (exact) mass is 269 g/mol. The van der Waals surface area contributed by atoms with Crippen molar-refractivity contribution in [2.24, 2.45) is 5.92 Å². The van der Waals surface area contributed by atoms with Gasteiger partial charge in [-0.3, -0.25) is 4.90 Å². The molecule has 0 aromatic heterocycles. The first-order chi connectivity index (χ1) is 9.29. The number of hydrogen-bond acceptors (Lipinski definition) is 3. The standard InChI is InChI=1S/C16H31NO2/c1-2-11-19-15-9-6-10-17(12-15)13-16(18)14-7-4-3-5-8-14/h14-16,18H,2-13H2,1H3. The number of aliphatic hydroxyl groups excluding tert-OH is 1. The molecule has 1 saturated carbocycles. The van der Waals surface area contributed by atoms with Gasteiger partial charge >= 0.3 is 0 Å². The molecule has 3 heteroatoms. The van der Waals surface area contributed by atoms with E-state index in [0.717, 1.165) is 32.7 Å². The van der Waals surface area contributed by atoms with Gasteiger partial charge in [-0.2, -0.15) is 0 Å². The van der Waals surface area contributed by atoms with Gasteiger partial charge in [-0.15, -0.1) is 0 Å². The van der Waals surface area contributed by atoms with E-state index in [0.29, 0.717) is 12.0 Å². The summed E-state index contributed by atoms with van der Waals surface area (Å²) in [5, 5.41) is 10.4. The van der Waals surface area contributed by atoms with Crippen LogP contribution in [0, 0.1) is 5.92 Å². The van der Waals surface area contributed by atoms with Crippen molar-refractivity contribution in [2.75, 3.05) is 26.2 Å². The fraction of sp³-hybridized carbons (Fsp3) is 1.00. The van der Waals surface area contributed by atoms with Crippen molar-refractivity contribution in [1.82, 2.24) is 4.90 Å². The van der Waals surface area contributed by atoms with Gasteiger partial charge in [0.2, 0.25) is 0 Å². The number of hydrogen-bond donors (Lipinski definition) is 1. The van der Waals surface area contributed by atoms with Crippen LogP contribution in [0.3, 0.4) is 0 Å². The number of aliphatic hydroxyl groups is 1. The summed E-state index contributed by atoms with van der Waals surface area (Å²) in [5.74, 6) is 0.547. The van der Waals surface area contributed by atoms with Crippen molar-refractivity contribution in [2.45, 2.75) is 70.5 Å². The Morgan fingerprint density at radius 2 is 1.95 bits per heavy atom. The summed E-state index contributed by atoms with van der Waals surface area (Å²) in [6.45, 7) is 6.05. The van der Waals surface area contributed by atoms with Crippen LogP contribution in [0.1, 0.15) is 58.3 Å². The van der Waals surface area contributed by atoms with E-state index < -0.39 is 0 Å². The van der Waals surface area contributed by atoms with E-state index in [-0.39, 0.29) is 6.10 Å². The molecule has 2 unspecified atom stereocenters. The van der Waals surface area contributed by atoms with Crippen LogP contribution in [0.4, 0.5) is 0 Å². The highest BCUT2D eigenvalue weighted by molar-refractivity contribution is 4.80. The fourth-order valence-electron chi connectivity index (χ4n) is 3.53. The van der Waals surface area contributed by atoms with Crippen LogP contribution in [0.2, 0.25) is 0 Å². The quantitative estimate of drug-likeness (QED) is 0.805. The largest absolute Gasteiger partial charge is 0.392 e. The third-order valence-electron chi connectivity index (χ3n) is 4.66. The molecule has 2 atom stereocenters. The lowest BCUT2D eigenvalue weighted by atomic mass is 9.85. The molecular weight excluding hydrogens is 238 g/mol. The molecule has 3 nitrogen and oxygen atoms in total. The molecule has 1 saturated heterocycles. The molecule has 2 rings (SSSR count). The maximum Gasteiger partial charge on any atom is 0.0702 e. The molecule has 1 aliphatic carbocycles. The highest BCUT2D eigenvalue weighted by atomic mass is 16.5. The summed E-state index contributed by atoms with van der Waals surface area (Å²) >= 11 is 0. The number of likely N-dealkylation sites (tertiary alicyclic amines) is 1. The van der Waals surface area contributed by atoms with Crippen LogP contribution in [0.15, 0.2) is 0 Å². The summed E-state index contributed by atoms with van der Waals surface area (Å²) in [6, 6.07) is 0. The number of rotatable bonds is 6. The summed E-state index contributed by atoms with van der Waals surface area (Å²) in [6.07, 6.45) is 10.2. The molecule has 0 aromatic carbocycles. The zero-order valence-corrected chi connectivity index (χ0v) is 12.5. The maximum atomic E-state index is 10.4. The Hall–Kier alpha value is -0.120. The highest BCUT2D eigenvalue weighted by Crippen LogP contribution is 2.27. The Balaban J connectivity index is 1.71. The molecule has 112 valence electrons. The minimum Gasteiger partial charge on any atom is -0.392 e. The molecule has 1 heterocycles. The van der Waals surface area contributed by atoms with E-state index in [1.54, 1.807) is 0 Å². The summed E-state index contributed by atoms with van der Waals surface area (Å²) in [7, 11) is 0. The SMILES string of the molecule is CCCOC1CCCN(CC(O)C2CCCCC2)C1. The Labute approximate surface area is 118 Å². The van der Waals surface area contributed by atoms with Gasteiger partial charge in [0.05, 0.1) is 12.2 Å². The number of β-amino-alcohol motifs (C(OH)–C–C–N with tert-alkyl or cyclic N) is 1. The van der Waals surface area contributed by atoms with Gasteiger partial charge < -0.3 is 9.84 Å². The van der Waals surface area contributed by atoms with Crippen LogP contribution in [-0.2, 0) is 4.74 Å². The van der Waals surface area contributed by atoms with Gasteiger partial charge in [0.1, 0.15) is 0 Å². The van der Waals surface area contributed by atoms with E-state index >= 15 is 0 Å². The summed E-state index contributed by atoms with van der Waals surface area (Å²) in [5.41, 5.74) is 0. The summed E-state index contributed by atoms with van der Waals surface area (Å²) in [4.78, 5) is 2.42. The van der Waals surface area contributed by atoms with E-state index in [4.69, 9.17) is 4.74 Å². The Morgan fingerprint density at radius 1 is 1.16 bits per heavy atom. The van der Waals surface area contributed by atoms with Crippen molar-refractivity contribution >= 4 is 0 Å². The van der Waals surface area contributed by atoms with E-state index in [2.05, 4.69) is 11.8 Å². The molecular formula is C16H31NO2. The molecule has 2 aliphatic rings. The van der Waals surface area contributed by atoms with Crippen molar-refractivity contribution in [3.63, 3.8) is 0 Å². The van der Waals surface area contributed by atoms with Gasteiger partial charge in [0.15, 0.2) is 0 Å². The highest BCUT2D eigenvalue weighted by Gasteiger charge is 2.26. The first-order valence-corrected chi connectivity index (χ1v) is 8.31. The van der Waals surface area contributed by atoms with Gasteiger partial charge in [-0.05, 0) is 44.6 Å². The third-order valence-corrected chi connectivity index (χ3v) is 4.66. The van der Waals surface area contributed by atoms with Crippen molar-refractivity contribution in [3.8, 4) is 0 Å². The zero-order valence-electron chi connectivity index (χ0n) is 12.5. The maximum absolute atomic E-state index is 10.4. The van der Waals surface area contributed by atoms with Crippen molar-refractivity contribution in [1.29, 1.82) is 0 Å². The van der Waals surface area contributed by atoms with Gasteiger partial charge in [0.25, 0.3) is 0 Å². The van der Waals surface area contributed by atoms with Crippen LogP contribution >= 0.6 is 0 Å². The summed E-state index contributed by atoms with van der Waals surface area (Å²) < 4.78 is 5.87. The molecule has 0 bridgehead atoms. The van der Waals surface area contributed by atoms with Gasteiger partial charge in [-0.25, -0.2) is 0 Å². The van der Waals surface area contributed by atoms with Crippen LogP contribution in [0.5, 0.6) is 0 Å². The van der Waals surface area contributed by atoms with E-state index in [1.165, 1.54) is 44.9 Å². The van der Waals surface area contributed by atoms with Crippen LogP contribution < -0.4 is 0 Å². The average Bonchev–Trinajstić information content (AvgIpc) is 2.46. The lowest BCUT2D eigenvalue weighted by molar-refractivity contribution is -0.0218. The predicted molar refractivity (Wildman–Crippen MR) is 78.3 cm³/mol. The fourth-order valence-corrected chi connectivity index (χ4v) is 3.53. The number of piperidine rings is 1. The molecule has 0 amide bonds. The minimum absolute atomic E-state index is 0.120. The number of nitrogens with zero attached hydrogens (tertiary/aromatic N) is 1. The Bertz CT molecular complexity index is 241. The van der Waals surface area contributed by atoms with E-state index in [1.807, 2.05) is 0 Å². The lowest BCUT2D eigenvalue weighted by Crippen LogP contribution is -2.45. The molecule has 1 aliphatic heterocycles. The van der Waals surface area contributed by atoms with Crippen molar-refractivity contribution < 1.29 is 9.84 Å². The Morgan fingerprint density at radius 3 is 2.68 bits per heavy atom. The lowest BCUT2D eigenvalue weighted by Gasteiger charge is -2.36. The first kappa shape index (κ1) is 15.3. The topological polar surface area (TPSA) is 32.7 Å². The smallest absolute Gasteiger partial charge is 0.0702 e. The van der Waals surface area contributed by atoms with Crippen LogP contribution in [-0.4, -0.2) is 48.5 Å².